The lowest BCUT2D eigenvalue weighted by molar-refractivity contribution is 0.229. The van der Waals surface area contributed by atoms with Crippen LogP contribution in [0.5, 0.6) is 11.5 Å². The lowest BCUT2D eigenvalue weighted by Gasteiger charge is -2.23. The lowest BCUT2D eigenvalue weighted by atomic mass is 10.2. The molecule has 0 spiro atoms. The van der Waals surface area contributed by atoms with E-state index in [1.807, 2.05) is 12.1 Å². The molecule has 0 aliphatic carbocycles. The van der Waals surface area contributed by atoms with Gasteiger partial charge < -0.3 is 9.84 Å². The molecule has 3 rings (SSSR count). The monoisotopic (exact) mass is 276 g/mol. The number of phenolic OH excluding ortho intramolecular Hbond substituents is 1. The number of methoxy groups -OCH3 is 1. The topological polar surface area (TPSA) is 35.9 Å². The molecule has 0 radical (unpaired) electrons. The predicted molar refractivity (Wildman–Crippen MR) is 79.1 cm³/mol. The van der Waals surface area contributed by atoms with Gasteiger partial charge in [0.05, 0.1) is 7.11 Å². The molecule has 1 unspecified atom stereocenters. The van der Waals surface area contributed by atoms with E-state index in [4.69, 9.17) is 4.74 Å². The lowest BCUT2D eigenvalue weighted by Crippen LogP contribution is -2.35. The van der Waals surface area contributed by atoms with Crippen molar-refractivity contribution in [3.63, 3.8) is 0 Å². The van der Waals surface area contributed by atoms with Crippen LogP contribution < -0.4 is 4.74 Å². The Hall–Kier alpha value is -1.26. The molecule has 20 heavy (non-hydrogen) atoms. The largest absolute Gasteiger partial charge is 0.507 e. The summed E-state index contributed by atoms with van der Waals surface area (Å²) in [6, 6.07) is 6.31. The maximum absolute atomic E-state index is 10.0. The zero-order valence-corrected chi connectivity index (χ0v) is 12.2. The summed E-state index contributed by atoms with van der Waals surface area (Å²) >= 11 is 0. The number of aromatic hydroxyl groups is 1. The quantitative estimate of drug-likeness (QED) is 0.913. The molecule has 1 aromatic carbocycles. The van der Waals surface area contributed by atoms with Gasteiger partial charge in [0.25, 0.3) is 0 Å². The van der Waals surface area contributed by atoms with Gasteiger partial charge in [-0.15, -0.1) is 0 Å². The number of rotatable bonds is 4. The third-order valence-corrected chi connectivity index (χ3v) is 4.59. The van der Waals surface area contributed by atoms with Crippen molar-refractivity contribution in [3.8, 4) is 11.5 Å². The molecule has 2 aliphatic heterocycles. The number of benzene rings is 1. The number of nitrogens with zero attached hydrogens (tertiary/aromatic N) is 2. The van der Waals surface area contributed by atoms with Gasteiger partial charge in [-0.05, 0) is 38.4 Å². The van der Waals surface area contributed by atoms with Crippen molar-refractivity contribution in [2.75, 3.05) is 33.3 Å². The fourth-order valence-electron chi connectivity index (χ4n) is 3.41. The summed E-state index contributed by atoms with van der Waals surface area (Å²) in [4.78, 5) is 5.08. The summed E-state index contributed by atoms with van der Waals surface area (Å²) in [7, 11) is 1.62. The Morgan fingerprint density at radius 1 is 1.25 bits per heavy atom. The second-order valence-corrected chi connectivity index (χ2v) is 5.92. The molecule has 2 saturated heterocycles. The van der Waals surface area contributed by atoms with Crippen LogP contribution in [0, 0.1) is 0 Å². The summed E-state index contributed by atoms with van der Waals surface area (Å²) < 4.78 is 5.12. The number of ether oxygens (including phenoxy) is 1. The van der Waals surface area contributed by atoms with E-state index >= 15 is 0 Å². The van der Waals surface area contributed by atoms with Crippen LogP contribution in [0.1, 0.15) is 24.8 Å². The maximum atomic E-state index is 10.0. The van der Waals surface area contributed by atoms with Crippen LogP contribution in [0.2, 0.25) is 0 Å². The van der Waals surface area contributed by atoms with Gasteiger partial charge in [-0.3, -0.25) is 9.80 Å². The van der Waals surface area contributed by atoms with E-state index in [-0.39, 0.29) is 0 Å². The second kappa shape index (κ2) is 6.02. The first-order chi connectivity index (χ1) is 9.76. The summed E-state index contributed by atoms with van der Waals surface area (Å²) in [6.45, 7) is 5.64. The zero-order chi connectivity index (χ0) is 13.9. The highest BCUT2D eigenvalue weighted by molar-refractivity contribution is 5.39. The minimum atomic E-state index is 0.342. The third-order valence-electron chi connectivity index (χ3n) is 4.59. The SMILES string of the molecule is COc1ccc(CN2CCC(N3CCCC3)C2)c(O)c1. The molecule has 4 nitrogen and oxygen atoms in total. The van der Waals surface area contributed by atoms with Gasteiger partial charge in [0.15, 0.2) is 0 Å². The first-order valence-electron chi connectivity index (χ1n) is 7.58. The zero-order valence-electron chi connectivity index (χ0n) is 12.2. The minimum Gasteiger partial charge on any atom is -0.507 e. The van der Waals surface area contributed by atoms with Crippen LogP contribution in [0.15, 0.2) is 18.2 Å². The number of phenols is 1. The van der Waals surface area contributed by atoms with Crippen molar-refractivity contribution in [1.29, 1.82) is 0 Å². The molecule has 1 aromatic rings. The molecule has 0 aromatic heterocycles. The van der Waals surface area contributed by atoms with Gasteiger partial charge >= 0.3 is 0 Å². The Labute approximate surface area is 120 Å². The Bertz CT molecular complexity index is 458. The van der Waals surface area contributed by atoms with Crippen molar-refractivity contribution in [1.82, 2.24) is 9.80 Å². The predicted octanol–water partition coefficient (Wildman–Crippen LogP) is 2.07. The molecule has 0 saturated carbocycles. The highest BCUT2D eigenvalue weighted by Gasteiger charge is 2.29. The Morgan fingerprint density at radius 2 is 2.05 bits per heavy atom. The number of hydrogen-bond donors (Lipinski definition) is 1. The molecular weight excluding hydrogens is 252 g/mol. The van der Waals surface area contributed by atoms with Crippen molar-refractivity contribution < 1.29 is 9.84 Å². The van der Waals surface area contributed by atoms with Crippen LogP contribution >= 0.6 is 0 Å². The van der Waals surface area contributed by atoms with Gasteiger partial charge in [-0.25, -0.2) is 0 Å². The van der Waals surface area contributed by atoms with E-state index in [9.17, 15) is 5.11 Å². The molecular formula is C16H24N2O2. The third kappa shape index (κ3) is 2.91. The summed E-state index contributed by atoms with van der Waals surface area (Å²) in [5.41, 5.74) is 0.993. The molecule has 110 valence electrons. The van der Waals surface area contributed by atoms with Crippen LogP contribution in [0.3, 0.4) is 0 Å². The Kier molecular flexibility index (Phi) is 4.13. The highest BCUT2D eigenvalue weighted by atomic mass is 16.5. The van der Waals surface area contributed by atoms with Crippen molar-refractivity contribution in [2.45, 2.75) is 31.8 Å². The molecule has 2 fully saturated rings. The average Bonchev–Trinajstić information content (AvgIpc) is 3.11. The summed E-state index contributed by atoms with van der Waals surface area (Å²) in [6.07, 6.45) is 3.97. The van der Waals surface area contributed by atoms with E-state index in [0.717, 1.165) is 31.2 Å². The molecule has 2 aliphatic rings. The standard InChI is InChI=1S/C16H24N2O2/c1-20-15-5-4-13(16(19)10-15)11-17-9-6-14(12-17)18-7-2-3-8-18/h4-5,10,14,19H,2-3,6-9,11-12H2,1H3. The maximum Gasteiger partial charge on any atom is 0.123 e. The van der Waals surface area contributed by atoms with Crippen molar-refractivity contribution >= 4 is 0 Å². The Morgan fingerprint density at radius 3 is 2.75 bits per heavy atom. The first kappa shape index (κ1) is 13.7. The molecule has 0 amide bonds. The fourth-order valence-corrected chi connectivity index (χ4v) is 3.41. The van der Waals surface area contributed by atoms with E-state index in [1.165, 1.54) is 32.4 Å². The molecule has 1 atom stereocenters. The van der Waals surface area contributed by atoms with Gasteiger partial charge in [0.2, 0.25) is 0 Å². The molecule has 0 bridgehead atoms. The van der Waals surface area contributed by atoms with Gasteiger partial charge in [-0.1, -0.05) is 6.07 Å². The number of likely N-dealkylation sites (tertiary alicyclic amines) is 2. The molecule has 4 heteroatoms. The first-order valence-corrected chi connectivity index (χ1v) is 7.58. The second-order valence-electron chi connectivity index (χ2n) is 5.92. The smallest absolute Gasteiger partial charge is 0.123 e. The van der Waals surface area contributed by atoms with E-state index in [2.05, 4.69) is 9.80 Å². The van der Waals surface area contributed by atoms with E-state index in [0.29, 0.717) is 11.5 Å². The van der Waals surface area contributed by atoms with Crippen LogP contribution in [0.4, 0.5) is 0 Å². The highest BCUT2D eigenvalue weighted by Crippen LogP contribution is 2.27. The van der Waals surface area contributed by atoms with Gasteiger partial charge in [0.1, 0.15) is 11.5 Å². The molecule has 1 N–H and O–H groups in total. The van der Waals surface area contributed by atoms with Crippen LogP contribution in [-0.2, 0) is 6.54 Å². The summed E-state index contributed by atoms with van der Waals surface area (Å²) in [5, 5.41) is 10.0. The molecule has 2 heterocycles. The van der Waals surface area contributed by atoms with Gasteiger partial charge in [-0.2, -0.15) is 0 Å². The fraction of sp³-hybridized carbons (Fsp3) is 0.625. The van der Waals surface area contributed by atoms with E-state index in [1.54, 1.807) is 13.2 Å². The van der Waals surface area contributed by atoms with Crippen LogP contribution in [0.25, 0.3) is 0 Å². The van der Waals surface area contributed by atoms with Gasteiger partial charge in [0, 0.05) is 37.3 Å². The summed E-state index contributed by atoms with van der Waals surface area (Å²) in [5.74, 6) is 1.05. The Balaban J connectivity index is 1.58. The van der Waals surface area contributed by atoms with E-state index < -0.39 is 0 Å². The normalized spacial score (nSPS) is 24.4. The number of hydrogen-bond acceptors (Lipinski definition) is 4. The van der Waals surface area contributed by atoms with Crippen molar-refractivity contribution in [2.24, 2.45) is 0 Å². The minimum absolute atomic E-state index is 0.342. The van der Waals surface area contributed by atoms with Crippen molar-refractivity contribution in [3.05, 3.63) is 23.8 Å². The average molecular weight is 276 g/mol. The van der Waals surface area contributed by atoms with Crippen LogP contribution in [-0.4, -0.2) is 54.2 Å².